The van der Waals surface area contributed by atoms with Crippen LogP contribution in [0.15, 0.2) is 12.1 Å². The maximum Gasteiger partial charge on any atom is 0.269 e. The standard InChI is InChI=1S/C17H19NO4/c1-4-7-18-13-9-12(11-19)10-15(21-8-5-2)16(13)22-14(6-3)17(18)20/h1,9-11,14H,5-8H2,2-3H3. The van der Waals surface area contributed by atoms with Crippen molar-refractivity contribution < 1.29 is 19.1 Å². The van der Waals surface area contributed by atoms with Crippen LogP contribution in [0.1, 0.15) is 37.0 Å². The van der Waals surface area contributed by atoms with Gasteiger partial charge in [-0.05, 0) is 25.0 Å². The maximum atomic E-state index is 12.4. The molecule has 0 aliphatic carbocycles. The average molecular weight is 301 g/mol. The summed E-state index contributed by atoms with van der Waals surface area (Å²) >= 11 is 0. The zero-order valence-corrected chi connectivity index (χ0v) is 12.8. The van der Waals surface area contributed by atoms with Gasteiger partial charge in [0.2, 0.25) is 0 Å². The zero-order valence-electron chi connectivity index (χ0n) is 12.8. The van der Waals surface area contributed by atoms with E-state index in [-0.39, 0.29) is 12.5 Å². The monoisotopic (exact) mass is 301 g/mol. The lowest BCUT2D eigenvalue weighted by Gasteiger charge is -2.34. The number of nitrogens with zero attached hydrogens (tertiary/aromatic N) is 1. The average Bonchev–Trinajstić information content (AvgIpc) is 2.54. The summed E-state index contributed by atoms with van der Waals surface area (Å²) in [5, 5.41) is 0. The molecule has 22 heavy (non-hydrogen) atoms. The summed E-state index contributed by atoms with van der Waals surface area (Å²) < 4.78 is 11.5. The van der Waals surface area contributed by atoms with E-state index in [9.17, 15) is 9.59 Å². The van der Waals surface area contributed by atoms with Gasteiger partial charge >= 0.3 is 0 Å². The lowest BCUT2D eigenvalue weighted by Crippen LogP contribution is -2.46. The maximum absolute atomic E-state index is 12.4. The molecule has 0 spiro atoms. The van der Waals surface area contributed by atoms with Crippen LogP contribution >= 0.6 is 0 Å². The van der Waals surface area contributed by atoms with Crippen LogP contribution in [0, 0.1) is 12.3 Å². The molecule has 1 heterocycles. The minimum absolute atomic E-state index is 0.126. The number of terminal acetylenes is 1. The smallest absolute Gasteiger partial charge is 0.269 e. The molecular weight excluding hydrogens is 282 g/mol. The lowest BCUT2D eigenvalue weighted by molar-refractivity contribution is -0.126. The van der Waals surface area contributed by atoms with Gasteiger partial charge in [0, 0.05) is 5.56 Å². The van der Waals surface area contributed by atoms with E-state index >= 15 is 0 Å². The summed E-state index contributed by atoms with van der Waals surface area (Å²) in [5.41, 5.74) is 0.904. The summed E-state index contributed by atoms with van der Waals surface area (Å²) in [6, 6.07) is 3.22. The van der Waals surface area contributed by atoms with Crippen LogP contribution in [-0.2, 0) is 4.79 Å². The Balaban J connectivity index is 2.55. The fourth-order valence-corrected chi connectivity index (χ4v) is 2.31. The summed E-state index contributed by atoms with van der Waals surface area (Å²) in [6.07, 6.45) is 6.84. The number of aldehydes is 1. The number of hydrogen-bond donors (Lipinski definition) is 0. The van der Waals surface area contributed by atoms with Crippen LogP contribution in [-0.4, -0.2) is 31.4 Å². The van der Waals surface area contributed by atoms with E-state index in [2.05, 4.69) is 5.92 Å². The van der Waals surface area contributed by atoms with Crippen molar-refractivity contribution in [2.24, 2.45) is 0 Å². The number of amides is 1. The quantitative estimate of drug-likeness (QED) is 0.598. The third-order valence-corrected chi connectivity index (χ3v) is 3.37. The topological polar surface area (TPSA) is 55.8 Å². The van der Waals surface area contributed by atoms with Crippen LogP contribution in [0.5, 0.6) is 11.5 Å². The first-order chi connectivity index (χ1) is 10.7. The van der Waals surface area contributed by atoms with Gasteiger partial charge in [-0.15, -0.1) is 6.42 Å². The van der Waals surface area contributed by atoms with Gasteiger partial charge in [-0.1, -0.05) is 19.8 Å². The van der Waals surface area contributed by atoms with Crippen molar-refractivity contribution in [2.45, 2.75) is 32.8 Å². The highest BCUT2D eigenvalue weighted by Crippen LogP contribution is 2.43. The molecule has 0 N–H and O–H groups in total. The number of ether oxygens (including phenoxy) is 2. The Labute approximate surface area is 130 Å². The Bertz CT molecular complexity index is 618. The van der Waals surface area contributed by atoms with Crippen LogP contribution in [0.3, 0.4) is 0 Å². The fraction of sp³-hybridized carbons (Fsp3) is 0.412. The highest BCUT2D eigenvalue weighted by atomic mass is 16.5. The number of fused-ring (bicyclic) bond motifs is 1. The molecule has 0 saturated carbocycles. The Morgan fingerprint density at radius 1 is 1.45 bits per heavy atom. The molecular formula is C17H19NO4. The summed E-state index contributed by atoms with van der Waals surface area (Å²) in [5.74, 6) is 3.22. The second kappa shape index (κ2) is 6.99. The van der Waals surface area contributed by atoms with Crippen molar-refractivity contribution in [2.75, 3.05) is 18.1 Å². The Morgan fingerprint density at radius 3 is 2.82 bits per heavy atom. The molecule has 0 fully saturated rings. The van der Waals surface area contributed by atoms with Crippen molar-refractivity contribution in [1.82, 2.24) is 0 Å². The van der Waals surface area contributed by atoms with E-state index < -0.39 is 6.10 Å². The molecule has 0 saturated heterocycles. The molecule has 1 atom stereocenters. The third-order valence-electron chi connectivity index (χ3n) is 3.37. The van der Waals surface area contributed by atoms with Gasteiger partial charge in [-0.3, -0.25) is 14.5 Å². The van der Waals surface area contributed by atoms with Gasteiger partial charge in [0.05, 0.1) is 18.8 Å². The minimum Gasteiger partial charge on any atom is -0.490 e. The van der Waals surface area contributed by atoms with Gasteiger partial charge < -0.3 is 9.47 Å². The van der Waals surface area contributed by atoms with Crippen molar-refractivity contribution in [1.29, 1.82) is 0 Å². The first-order valence-electron chi connectivity index (χ1n) is 7.33. The van der Waals surface area contributed by atoms with E-state index in [0.29, 0.717) is 42.1 Å². The molecule has 1 unspecified atom stereocenters. The van der Waals surface area contributed by atoms with E-state index in [1.54, 1.807) is 12.1 Å². The van der Waals surface area contributed by atoms with Crippen molar-refractivity contribution >= 4 is 17.9 Å². The van der Waals surface area contributed by atoms with Crippen LogP contribution in [0.4, 0.5) is 5.69 Å². The van der Waals surface area contributed by atoms with Gasteiger partial charge in [0.15, 0.2) is 17.6 Å². The number of rotatable bonds is 6. The zero-order chi connectivity index (χ0) is 16.1. The Hall–Kier alpha value is -2.48. The second-order valence-corrected chi connectivity index (χ2v) is 4.98. The number of carbonyl (C=O) groups is 2. The Morgan fingerprint density at radius 2 is 2.23 bits per heavy atom. The van der Waals surface area contributed by atoms with Gasteiger partial charge in [-0.25, -0.2) is 0 Å². The normalized spacial score (nSPS) is 16.5. The predicted octanol–water partition coefficient (Wildman–Crippen LogP) is 2.43. The van der Waals surface area contributed by atoms with E-state index in [0.717, 1.165) is 6.42 Å². The molecule has 1 aromatic rings. The number of anilines is 1. The molecule has 0 bridgehead atoms. The third kappa shape index (κ3) is 2.91. The van der Waals surface area contributed by atoms with E-state index in [1.165, 1.54) is 4.90 Å². The largest absolute Gasteiger partial charge is 0.490 e. The summed E-state index contributed by atoms with van der Waals surface area (Å²) in [6.45, 7) is 4.48. The first-order valence-corrected chi connectivity index (χ1v) is 7.33. The molecule has 116 valence electrons. The number of hydrogen-bond acceptors (Lipinski definition) is 4. The molecule has 5 heteroatoms. The predicted molar refractivity (Wildman–Crippen MR) is 83.5 cm³/mol. The van der Waals surface area contributed by atoms with E-state index in [1.807, 2.05) is 13.8 Å². The summed E-state index contributed by atoms with van der Waals surface area (Å²) in [4.78, 5) is 25.0. The molecule has 5 nitrogen and oxygen atoms in total. The van der Waals surface area contributed by atoms with E-state index in [4.69, 9.17) is 15.9 Å². The summed E-state index contributed by atoms with van der Waals surface area (Å²) in [7, 11) is 0. The molecule has 0 radical (unpaired) electrons. The molecule has 1 aliphatic heterocycles. The van der Waals surface area contributed by atoms with Gasteiger partial charge in [0.1, 0.15) is 6.29 Å². The minimum atomic E-state index is -0.591. The van der Waals surface area contributed by atoms with Gasteiger partial charge in [0.25, 0.3) is 5.91 Å². The highest BCUT2D eigenvalue weighted by Gasteiger charge is 2.35. The molecule has 1 aliphatic rings. The van der Waals surface area contributed by atoms with Gasteiger partial charge in [-0.2, -0.15) is 0 Å². The molecule has 0 aromatic heterocycles. The van der Waals surface area contributed by atoms with Crippen LogP contribution in [0.2, 0.25) is 0 Å². The number of benzene rings is 1. The SMILES string of the molecule is C#CCN1C(=O)C(CC)Oc2c(OCCC)cc(C=O)cc21. The van der Waals surface area contributed by atoms with Crippen LogP contribution < -0.4 is 14.4 Å². The molecule has 2 rings (SSSR count). The first kappa shape index (κ1) is 15.9. The number of carbonyl (C=O) groups excluding carboxylic acids is 2. The Kier molecular flexibility index (Phi) is 5.05. The molecule has 1 aromatic carbocycles. The van der Waals surface area contributed by atoms with Crippen molar-refractivity contribution in [3.05, 3.63) is 17.7 Å². The highest BCUT2D eigenvalue weighted by molar-refractivity contribution is 6.02. The van der Waals surface area contributed by atoms with Crippen molar-refractivity contribution in [3.63, 3.8) is 0 Å². The molecule has 1 amide bonds. The fourth-order valence-electron chi connectivity index (χ4n) is 2.31. The van der Waals surface area contributed by atoms with Crippen LogP contribution in [0.25, 0.3) is 0 Å². The lowest BCUT2D eigenvalue weighted by atomic mass is 10.1. The second-order valence-electron chi connectivity index (χ2n) is 4.98. The van der Waals surface area contributed by atoms with Crippen molar-refractivity contribution in [3.8, 4) is 23.8 Å².